The average Bonchev–Trinajstić information content (AvgIpc) is 2.84. The molecule has 2 N–H and O–H groups in total. The Morgan fingerprint density at radius 2 is 1.71 bits per heavy atom. The Kier molecular flexibility index (Phi) is 8.51. The maximum Gasteiger partial charge on any atom is 0.329 e. The minimum atomic E-state index is -0.914. The van der Waals surface area contributed by atoms with Gasteiger partial charge in [0.2, 0.25) is 0 Å². The second kappa shape index (κ2) is 11.5. The fourth-order valence-electron chi connectivity index (χ4n) is 2.89. The molecule has 0 aliphatic heterocycles. The second-order valence-electron chi connectivity index (χ2n) is 7.30. The summed E-state index contributed by atoms with van der Waals surface area (Å²) in [5.74, 6) is -0.765. The van der Waals surface area contributed by atoms with E-state index in [1.165, 1.54) is 7.11 Å². The van der Waals surface area contributed by atoms with E-state index in [9.17, 15) is 9.59 Å². The normalized spacial score (nSPS) is 11.0. The van der Waals surface area contributed by atoms with E-state index in [1.807, 2.05) is 25.1 Å². The zero-order chi connectivity index (χ0) is 24.7. The highest BCUT2D eigenvalue weighted by molar-refractivity contribution is 6.40. The maximum absolute atomic E-state index is 12.1. The molecule has 0 aliphatic rings. The summed E-state index contributed by atoms with van der Waals surface area (Å²) in [6.07, 6.45) is 0. The third-order valence-electron chi connectivity index (χ3n) is 4.88. The topological polar surface area (TPSA) is 89.0 Å². The Morgan fingerprint density at radius 1 is 0.941 bits per heavy atom. The number of hydrazone groups is 1. The van der Waals surface area contributed by atoms with E-state index in [1.54, 1.807) is 49.4 Å². The summed E-state index contributed by atoms with van der Waals surface area (Å²) >= 11 is 12.2. The van der Waals surface area contributed by atoms with Gasteiger partial charge in [0, 0.05) is 26.9 Å². The van der Waals surface area contributed by atoms with E-state index in [0.717, 1.165) is 11.1 Å². The Labute approximate surface area is 207 Å². The lowest BCUT2D eigenvalue weighted by Crippen LogP contribution is -2.32. The van der Waals surface area contributed by atoms with Crippen molar-refractivity contribution < 1.29 is 19.1 Å². The molecule has 0 spiro atoms. The number of methoxy groups -OCH3 is 1. The standard InChI is InChI=1S/C25H23Cl2N3O4/c1-15-8-10-19(13-21(15)27)28-24(31)25(32)30-29-16(2)17-9-11-22(23(12-17)33-3)34-14-18-6-4-5-7-20(18)26/h4-13H,14H2,1-3H3,(H,28,31)(H,30,32)/b29-16+. The molecule has 3 aromatic rings. The largest absolute Gasteiger partial charge is 0.493 e. The minimum absolute atomic E-state index is 0.278. The smallest absolute Gasteiger partial charge is 0.329 e. The number of nitrogens with zero attached hydrogens (tertiary/aromatic N) is 1. The molecule has 3 aromatic carbocycles. The van der Waals surface area contributed by atoms with E-state index in [4.69, 9.17) is 32.7 Å². The van der Waals surface area contributed by atoms with Crippen molar-refractivity contribution >= 4 is 46.4 Å². The predicted octanol–water partition coefficient (Wildman–Crippen LogP) is 5.37. The third-order valence-corrected chi connectivity index (χ3v) is 5.66. The molecule has 0 unspecified atom stereocenters. The van der Waals surface area contributed by atoms with E-state index in [-0.39, 0.29) is 6.61 Å². The fraction of sp³-hybridized carbons (Fsp3) is 0.160. The molecule has 176 valence electrons. The molecule has 0 radical (unpaired) electrons. The first-order valence-electron chi connectivity index (χ1n) is 10.2. The van der Waals surface area contributed by atoms with Gasteiger partial charge < -0.3 is 14.8 Å². The zero-order valence-electron chi connectivity index (χ0n) is 18.8. The molecule has 0 heterocycles. The van der Waals surface area contributed by atoms with E-state index < -0.39 is 11.8 Å². The summed E-state index contributed by atoms with van der Waals surface area (Å²) in [5.41, 5.74) is 5.51. The summed E-state index contributed by atoms with van der Waals surface area (Å²) in [7, 11) is 1.53. The number of anilines is 1. The van der Waals surface area contributed by atoms with Crippen molar-refractivity contribution in [3.63, 3.8) is 0 Å². The number of hydrogen-bond donors (Lipinski definition) is 2. The van der Waals surface area contributed by atoms with Crippen molar-refractivity contribution in [1.82, 2.24) is 5.43 Å². The summed E-state index contributed by atoms with van der Waals surface area (Å²) in [4.78, 5) is 24.3. The number of benzene rings is 3. The highest BCUT2D eigenvalue weighted by atomic mass is 35.5. The summed E-state index contributed by atoms with van der Waals surface area (Å²) in [5, 5.41) is 7.60. The van der Waals surface area contributed by atoms with Crippen LogP contribution in [-0.4, -0.2) is 24.6 Å². The lowest BCUT2D eigenvalue weighted by molar-refractivity contribution is -0.136. The number of carbonyl (C=O) groups excluding carboxylic acids is 2. The van der Waals surface area contributed by atoms with Gasteiger partial charge >= 0.3 is 11.8 Å². The van der Waals surface area contributed by atoms with Crippen LogP contribution in [0.25, 0.3) is 0 Å². The average molecular weight is 500 g/mol. The van der Waals surface area contributed by atoms with Crippen molar-refractivity contribution in [2.45, 2.75) is 20.5 Å². The highest BCUT2D eigenvalue weighted by Crippen LogP contribution is 2.30. The van der Waals surface area contributed by atoms with Gasteiger partial charge in [-0.2, -0.15) is 5.10 Å². The van der Waals surface area contributed by atoms with Crippen molar-refractivity contribution in [3.05, 3.63) is 87.4 Å². The Morgan fingerprint density at radius 3 is 2.41 bits per heavy atom. The number of rotatable bonds is 7. The van der Waals surface area contributed by atoms with Crippen LogP contribution in [0.3, 0.4) is 0 Å². The Hall–Kier alpha value is -3.55. The number of nitrogens with one attached hydrogen (secondary N) is 2. The number of halogens is 2. The number of hydrogen-bond acceptors (Lipinski definition) is 5. The number of carbonyl (C=O) groups is 2. The predicted molar refractivity (Wildman–Crippen MR) is 134 cm³/mol. The molecule has 9 heteroatoms. The fourth-order valence-corrected chi connectivity index (χ4v) is 3.26. The molecule has 0 atom stereocenters. The van der Waals surface area contributed by atoms with Crippen LogP contribution in [0, 0.1) is 6.92 Å². The summed E-state index contributed by atoms with van der Waals surface area (Å²) < 4.78 is 11.3. The van der Waals surface area contributed by atoms with Crippen LogP contribution in [0.15, 0.2) is 65.8 Å². The van der Waals surface area contributed by atoms with Crippen molar-refractivity contribution in [2.75, 3.05) is 12.4 Å². The van der Waals surface area contributed by atoms with Gasteiger partial charge in [0.1, 0.15) is 6.61 Å². The molecule has 7 nitrogen and oxygen atoms in total. The Bertz CT molecular complexity index is 1240. The van der Waals surface area contributed by atoms with E-state index in [0.29, 0.717) is 38.5 Å². The van der Waals surface area contributed by atoms with Gasteiger partial charge in [-0.1, -0.05) is 47.5 Å². The molecule has 3 rings (SSSR count). The monoisotopic (exact) mass is 499 g/mol. The first-order chi connectivity index (χ1) is 16.3. The Balaban J connectivity index is 1.63. The van der Waals surface area contributed by atoms with Crippen molar-refractivity contribution in [3.8, 4) is 11.5 Å². The molecule has 34 heavy (non-hydrogen) atoms. The number of ether oxygens (including phenoxy) is 2. The molecule has 0 fully saturated rings. The van der Waals surface area contributed by atoms with Crippen LogP contribution in [0.4, 0.5) is 5.69 Å². The van der Waals surface area contributed by atoms with Crippen molar-refractivity contribution in [1.29, 1.82) is 0 Å². The van der Waals surface area contributed by atoms with Gasteiger partial charge in [-0.15, -0.1) is 0 Å². The summed E-state index contributed by atoms with van der Waals surface area (Å²) in [6, 6.07) is 17.6. The minimum Gasteiger partial charge on any atom is -0.493 e. The third kappa shape index (κ3) is 6.50. The first-order valence-corrected chi connectivity index (χ1v) is 11.0. The van der Waals surface area contributed by atoms with Crippen LogP contribution in [-0.2, 0) is 16.2 Å². The van der Waals surface area contributed by atoms with Crippen LogP contribution in [0.1, 0.15) is 23.6 Å². The van der Waals surface area contributed by atoms with Crippen molar-refractivity contribution in [2.24, 2.45) is 5.10 Å². The van der Waals surface area contributed by atoms with Gasteiger partial charge in [-0.25, -0.2) is 5.43 Å². The van der Waals surface area contributed by atoms with Gasteiger partial charge in [0.25, 0.3) is 0 Å². The van der Waals surface area contributed by atoms with Gasteiger partial charge in [0.15, 0.2) is 11.5 Å². The van der Waals surface area contributed by atoms with Crippen LogP contribution < -0.4 is 20.2 Å². The van der Waals surface area contributed by atoms with Gasteiger partial charge in [0.05, 0.1) is 12.8 Å². The first kappa shape index (κ1) is 25.1. The van der Waals surface area contributed by atoms with Gasteiger partial charge in [-0.05, 0) is 55.8 Å². The highest BCUT2D eigenvalue weighted by Gasteiger charge is 2.14. The number of amides is 2. The van der Waals surface area contributed by atoms with Gasteiger partial charge in [-0.3, -0.25) is 9.59 Å². The molecule has 0 aliphatic carbocycles. The molecule has 0 saturated carbocycles. The molecule has 2 amide bonds. The number of aryl methyl sites for hydroxylation is 1. The van der Waals surface area contributed by atoms with E-state index >= 15 is 0 Å². The lowest BCUT2D eigenvalue weighted by Gasteiger charge is -2.13. The summed E-state index contributed by atoms with van der Waals surface area (Å²) in [6.45, 7) is 3.81. The zero-order valence-corrected chi connectivity index (χ0v) is 20.3. The molecule has 0 saturated heterocycles. The second-order valence-corrected chi connectivity index (χ2v) is 8.12. The SMILES string of the molecule is COc1cc(/C(C)=N/NC(=O)C(=O)Nc2ccc(C)c(Cl)c2)ccc1OCc1ccccc1Cl. The van der Waals surface area contributed by atoms with Crippen LogP contribution in [0.5, 0.6) is 11.5 Å². The molecular weight excluding hydrogens is 477 g/mol. The van der Waals surface area contributed by atoms with Crippen LogP contribution >= 0.6 is 23.2 Å². The molecular formula is C25H23Cl2N3O4. The lowest BCUT2D eigenvalue weighted by atomic mass is 10.1. The van der Waals surface area contributed by atoms with Crippen LogP contribution in [0.2, 0.25) is 10.0 Å². The quantitative estimate of drug-likeness (QED) is 0.260. The molecule has 0 aromatic heterocycles. The maximum atomic E-state index is 12.1. The molecule has 0 bridgehead atoms. The van der Waals surface area contributed by atoms with E-state index in [2.05, 4.69) is 15.8 Å².